The molecule has 38 heavy (non-hydrogen) atoms. The first-order chi connectivity index (χ1) is 18.2. The van der Waals surface area contributed by atoms with E-state index in [1.165, 1.54) is 24.1 Å². The molecule has 0 aromatic heterocycles. The molecule has 2 amide bonds. The van der Waals surface area contributed by atoms with Crippen molar-refractivity contribution in [3.8, 4) is 0 Å². The molecule has 208 valence electrons. The lowest BCUT2D eigenvalue weighted by atomic mass is 9.89. The average Bonchev–Trinajstić information content (AvgIpc) is 3.49. The minimum atomic E-state index is -0.665. The van der Waals surface area contributed by atoms with Gasteiger partial charge < -0.3 is 15.4 Å². The first-order valence-electron chi connectivity index (χ1n) is 14.7. The van der Waals surface area contributed by atoms with E-state index in [0.29, 0.717) is 25.3 Å². The smallest absolute Gasteiger partial charge is 0.307 e. The summed E-state index contributed by atoms with van der Waals surface area (Å²) < 4.78 is 7.89. The highest BCUT2D eigenvalue weighted by Crippen LogP contribution is 2.35. The van der Waals surface area contributed by atoms with Gasteiger partial charge in [0.25, 0.3) is 0 Å². The van der Waals surface area contributed by atoms with Crippen molar-refractivity contribution in [3.63, 3.8) is 0 Å². The summed E-state index contributed by atoms with van der Waals surface area (Å²) in [4.78, 5) is 39.8. The number of hydrogen-bond donors (Lipinski definition) is 2. The van der Waals surface area contributed by atoms with Crippen LogP contribution in [-0.2, 0) is 19.1 Å². The molecule has 2 bridgehead atoms. The Morgan fingerprint density at radius 3 is 2.58 bits per heavy atom. The first-order valence-corrected chi connectivity index (χ1v) is 14.7. The van der Waals surface area contributed by atoms with Crippen LogP contribution in [0.4, 0.5) is 5.69 Å². The molecule has 7 nitrogen and oxygen atoms in total. The summed E-state index contributed by atoms with van der Waals surface area (Å²) in [7, 11) is 0. The number of benzene rings is 1. The van der Waals surface area contributed by atoms with E-state index in [1.807, 2.05) is 26.8 Å². The molecule has 0 radical (unpaired) electrons. The van der Waals surface area contributed by atoms with Crippen LogP contribution in [-0.4, -0.2) is 53.3 Å². The third-order valence-electron chi connectivity index (χ3n) is 8.05. The summed E-state index contributed by atoms with van der Waals surface area (Å²) in [5.41, 5.74) is 1.80. The van der Waals surface area contributed by atoms with Crippen molar-refractivity contribution in [2.24, 2.45) is 11.8 Å². The topological polar surface area (TPSA) is 87.5 Å². The van der Waals surface area contributed by atoms with E-state index >= 15 is 0 Å². The number of fused-ring (bicyclic) bond motifs is 4. The van der Waals surface area contributed by atoms with E-state index < -0.39 is 17.6 Å². The average molecular weight is 525 g/mol. The number of ether oxygens (including phenoxy) is 1. The zero-order valence-electron chi connectivity index (χ0n) is 23.5. The van der Waals surface area contributed by atoms with Crippen LogP contribution in [0.15, 0.2) is 24.3 Å². The van der Waals surface area contributed by atoms with Gasteiger partial charge in [-0.25, -0.2) is 4.58 Å². The standard InChI is InChI=1S/C31H45N3O4/c1-31(2,3)38-28(35)20-23(18-22-12-6-7-13-22)29(36)33-26-19-24-21-34(27-15-9-8-14-25(24)27)17-11-5-4-10-16-32-30(26)37/h8-9,14-15,21-24,26H,4-7,10-13,16-20H2,1-3H3,(H-,32,33,36,37)/p+1/t23-,24?,26+/m1/s1. The minimum Gasteiger partial charge on any atom is -0.460 e. The highest BCUT2D eigenvalue weighted by atomic mass is 16.6. The molecule has 7 heteroatoms. The molecule has 1 aromatic rings. The molecule has 1 aromatic carbocycles. The van der Waals surface area contributed by atoms with Crippen LogP contribution >= 0.6 is 0 Å². The maximum atomic E-state index is 13.7. The molecular formula is C31H46N3O4+. The highest BCUT2D eigenvalue weighted by molar-refractivity contribution is 5.90. The van der Waals surface area contributed by atoms with Gasteiger partial charge in [-0.1, -0.05) is 50.3 Å². The molecule has 1 fully saturated rings. The third kappa shape index (κ3) is 7.90. The summed E-state index contributed by atoms with van der Waals surface area (Å²) in [6.45, 7) is 7.10. The Morgan fingerprint density at radius 1 is 1.08 bits per heavy atom. The molecule has 1 aliphatic carbocycles. The van der Waals surface area contributed by atoms with E-state index in [0.717, 1.165) is 45.1 Å². The van der Waals surface area contributed by atoms with Gasteiger partial charge in [0.05, 0.1) is 12.3 Å². The van der Waals surface area contributed by atoms with Crippen molar-refractivity contribution in [1.82, 2.24) is 10.6 Å². The maximum absolute atomic E-state index is 13.7. The first kappa shape index (κ1) is 28.3. The van der Waals surface area contributed by atoms with Gasteiger partial charge in [-0.2, -0.15) is 0 Å². The number of esters is 1. The van der Waals surface area contributed by atoms with E-state index in [4.69, 9.17) is 4.74 Å². The third-order valence-corrected chi connectivity index (χ3v) is 8.05. The second-order valence-corrected chi connectivity index (χ2v) is 12.4. The zero-order valence-corrected chi connectivity index (χ0v) is 23.5. The summed E-state index contributed by atoms with van der Waals surface area (Å²) in [6, 6.07) is 7.70. The zero-order chi connectivity index (χ0) is 27.1. The van der Waals surface area contributed by atoms with Gasteiger partial charge in [-0.05, 0) is 52.4 Å². The second-order valence-electron chi connectivity index (χ2n) is 12.4. The molecule has 3 aliphatic rings. The normalized spacial score (nSPS) is 23.7. The number of carbonyl (C=O) groups is 3. The van der Waals surface area contributed by atoms with Crippen LogP contribution < -0.4 is 10.6 Å². The van der Waals surface area contributed by atoms with Gasteiger partial charge in [0, 0.05) is 30.5 Å². The molecule has 1 unspecified atom stereocenters. The maximum Gasteiger partial charge on any atom is 0.307 e. The van der Waals surface area contributed by atoms with E-state index in [2.05, 4.69) is 39.6 Å². The molecule has 2 heterocycles. The number of amides is 2. The fourth-order valence-electron chi connectivity index (χ4n) is 6.21. The lowest BCUT2D eigenvalue weighted by Gasteiger charge is -2.26. The Bertz CT molecular complexity index is 1020. The van der Waals surface area contributed by atoms with Crippen molar-refractivity contribution in [2.75, 3.05) is 13.1 Å². The van der Waals surface area contributed by atoms with Crippen molar-refractivity contribution in [1.29, 1.82) is 0 Å². The van der Waals surface area contributed by atoms with Crippen LogP contribution in [0.1, 0.15) is 103 Å². The number of carbonyl (C=O) groups excluding carboxylic acids is 3. The van der Waals surface area contributed by atoms with E-state index in [9.17, 15) is 14.4 Å². The number of nitrogens with one attached hydrogen (secondary N) is 2. The molecule has 0 spiro atoms. The minimum absolute atomic E-state index is 0.0418. The van der Waals surface area contributed by atoms with Crippen molar-refractivity contribution < 1.29 is 23.7 Å². The number of para-hydroxylation sites is 1. The SMILES string of the molecule is CC(C)(C)OC(=O)C[C@@H](CC1CCCC1)C(=O)N[C@H]1CC2C=[N+](CCCCCCNC1=O)c1ccccc12. The summed E-state index contributed by atoms with van der Waals surface area (Å²) in [5, 5.41) is 6.16. The molecule has 0 saturated heterocycles. The number of rotatable bonds is 6. The number of hydrogen-bond acceptors (Lipinski definition) is 4. The summed E-state index contributed by atoms with van der Waals surface area (Å²) >= 11 is 0. The Labute approximate surface area is 227 Å². The monoisotopic (exact) mass is 524 g/mol. The second kappa shape index (κ2) is 12.9. The highest BCUT2D eigenvalue weighted by Gasteiger charge is 2.36. The fourth-order valence-corrected chi connectivity index (χ4v) is 6.21. The van der Waals surface area contributed by atoms with Crippen molar-refractivity contribution in [3.05, 3.63) is 29.8 Å². The fraction of sp³-hybridized carbons (Fsp3) is 0.677. The van der Waals surface area contributed by atoms with Gasteiger partial charge in [-0.3, -0.25) is 14.4 Å². The Hall–Kier alpha value is -2.70. The molecule has 4 rings (SSSR count). The predicted octanol–water partition coefficient (Wildman–Crippen LogP) is 4.99. The molecule has 1 saturated carbocycles. The molecule has 2 aliphatic heterocycles. The van der Waals surface area contributed by atoms with Gasteiger partial charge in [0.15, 0.2) is 6.21 Å². The van der Waals surface area contributed by atoms with Crippen LogP contribution in [0.5, 0.6) is 0 Å². The Morgan fingerprint density at radius 2 is 1.82 bits per heavy atom. The Balaban J connectivity index is 1.53. The Kier molecular flexibility index (Phi) is 9.61. The van der Waals surface area contributed by atoms with Gasteiger partial charge in [-0.15, -0.1) is 0 Å². The van der Waals surface area contributed by atoms with Crippen molar-refractivity contribution >= 4 is 29.7 Å². The van der Waals surface area contributed by atoms with Gasteiger partial charge in [0.2, 0.25) is 17.5 Å². The largest absolute Gasteiger partial charge is 0.460 e. The lowest BCUT2D eigenvalue weighted by molar-refractivity contribution is -0.433. The predicted molar refractivity (Wildman–Crippen MR) is 149 cm³/mol. The molecule has 2 N–H and O–H groups in total. The quantitative estimate of drug-likeness (QED) is 0.405. The van der Waals surface area contributed by atoms with E-state index in [-0.39, 0.29) is 30.1 Å². The molecule has 3 atom stereocenters. The van der Waals surface area contributed by atoms with Crippen LogP contribution in [0.2, 0.25) is 0 Å². The van der Waals surface area contributed by atoms with Gasteiger partial charge >= 0.3 is 5.97 Å². The molecular weight excluding hydrogens is 478 g/mol. The van der Waals surface area contributed by atoms with Crippen molar-refractivity contribution in [2.45, 2.75) is 109 Å². The van der Waals surface area contributed by atoms with Crippen LogP contribution in [0.25, 0.3) is 0 Å². The van der Waals surface area contributed by atoms with Crippen LogP contribution in [0.3, 0.4) is 0 Å². The lowest BCUT2D eigenvalue weighted by Crippen LogP contribution is -2.49. The summed E-state index contributed by atoms with van der Waals surface area (Å²) in [5.74, 6) is -0.729. The summed E-state index contributed by atoms with van der Waals surface area (Å²) in [6.07, 6.45) is 12.2. The van der Waals surface area contributed by atoms with Crippen LogP contribution in [0, 0.1) is 11.8 Å². The van der Waals surface area contributed by atoms with E-state index in [1.54, 1.807) is 0 Å². The van der Waals surface area contributed by atoms with Gasteiger partial charge in [0.1, 0.15) is 18.2 Å². The number of nitrogens with zero attached hydrogens (tertiary/aromatic N) is 1.